The van der Waals surface area contributed by atoms with Crippen LogP contribution in [0.1, 0.15) is 32.8 Å². The minimum atomic E-state index is -3.87. The molecule has 0 saturated carbocycles. The van der Waals surface area contributed by atoms with E-state index in [0.717, 1.165) is 10.6 Å². The first-order valence-electron chi connectivity index (χ1n) is 11.3. The molecule has 2 amide bonds. The summed E-state index contributed by atoms with van der Waals surface area (Å²) >= 11 is 12.2. The Balaban J connectivity index is 1.92. The number of nitrogens with zero attached hydrogens (tertiary/aromatic N) is 2. The van der Waals surface area contributed by atoms with Crippen LogP contribution in [0.15, 0.2) is 36.4 Å². The lowest BCUT2D eigenvalue weighted by Crippen LogP contribution is -2.52. The molecule has 0 spiro atoms. The van der Waals surface area contributed by atoms with Crippen molar-refractivity contribution < 1.29 is 27.5 Å². The third kappa shape index (κ3) is 6.74. The SMILES string of the molecule is CCC(C)NC(=O)C(C)N(Cc1ccc(Cl)c(Cl)c1)C(=O)CN(c1ccc2c(c1)OCO2)S(C)(=O)=O. The van der Waals surface area contributed by atoms with Gasteiger partial charge in [-0.05, 0) is 50.1 Å². The predicted molar refractivity (Wildman–Crippen MR) is 139 cm³/mol. The van der Waals surface area contributed by atoms with E-state index in [0.29, 0.717) is 33.5 Å². The lowest BCUT2D eigenvalue weighted by Gasteiger charge is -2.32. The molecule has 0 radical (unpaired) electrons. The van der Waals surface area contributed by atoms with Gasteiger partial charge in [-0.2, -0.15) is 0 Å². The number of amides is 2. The van der Waals surface area contributed by atoms with Crippen molar-refractivity contribution in [3.05, 3.63) is 52.0 Å². The van der Waals surface area contributed by atoms with Crippen LogP contribution in [-0.4, -0.2) is 56.8 Å². The van der Waals surface area contributed by atoms with Gasteiger partial charge in [0.2, 0.25) is 28.6 Å². The summed E-state index contributed by atoms with van der Waals surface area (Å²) in [4.78, 5) is 27.8. The number of carbonyl (C=O) groups is 2. The largest absolute Gasteiger partial charge is 0.454 e. The molecule has 36 heavy (non-hydrogen) atoms. The maximum atomic E-state index is 13.6. The van der Waals surface area contributed by atoms with Crippen LogP contribution in [0.2, 0.25) is 10.0 Å². The summed E-state index contributed by atoms with van der Waals surface area (Å²) in [6, 6.07) is 8.53. The maximum absolute atomic E-state index is 13.6. The van der Waals surface area contributed by atoms with E-state index in [1.807, 2.05) is 13.8 Å². The zero-order valence-corrected chi connectivity index (χ0v) is 22.8. The van der Waals surface area contributed by atoms with E-state index < -0.39 is 28.5 Å². The van der Waals surface area contributed by atoms with Gasteiger partial charge in [0.25, 0.3) is 0 Å². The standard InChI is InChI=1S/C24H29Cl2N3O6S/c1-5-15(2)27-24(31)16(3)28(12-17-6-8-19(25)20(26)10-17)23(30)13-29(36(4,32)33)18-7-9-21-22(11-18)35-14-34-21/h6-11,15-16H,5,12-14H2,1-4H3,(H,27,31). The highest BCUT2D eigenvalue weighted by Crippen LogP contribution is 2.36. The second-order valence-corrected chi connectivity index (χ2v) is 11.3. The van der Waals surface area contributed by atoms with Crippen LogP contribution in [-0.2, 0) is 26.2 Å². The Hall–Kier alpha value is -2.69. The minimum absolute atomic E-state index is 0.0174. The topological polar surface area (TPSA) is 105 Å². The van der Waals surface area contributed by atoms with E-state index >= 15 is 0 Å². The molecule has 1 aliphatic rings. The first-order valence-corrected chi connectivity index (χ1v) is 13.9. The van der Waals surface area contributed by atoms with E-state index in [2.05, 4.69) is 5.32 Å². The molecule has 12 heteroatoms. The number of ether oxygens (including phenoxy) is 2. The van der Waals surface area contributed by atoms with E-state index in [1.54, 1.807) is 31.2 Å². The average Bonchev–Trinajstić information content (AvgIpc) is 3.29. The van der Waals surface area contributed by atoms with Gasteiger partial charge in [-0.3, -0.25) is 13.9 Å². The number of carbonyl (C=O) groups excluding carboxylic acids is 2. The van der Waals surface area contributed by atoms with Gasteiger partial charge in [0.05, 0.1) is 22.0 Å². The van der Waals surface area contributed by atoms with Crippen molar-refractivity contribution in [2.24, 2.45) is 0 Å². The van der Waals surface area contributed by atoms with Crippen molar-refractivity contribution in [1.82, 2.24) is 10.2 Å². The molecule has 0 saturated heterocycles. The van der Waals surface area contributed by atoms with Gasteiger partial charge in [0.15, 0.2) is 11.5 Å². The van der Waals surface area contributed by atoms with Crippen LogP contribution < -0.4 is 19.1 Å². The lowest BCUT2D eigenvalue weighted by molar-refractivity contribution is -0.139. The highest BCUT2D eigenvalue weighted by atomic mass is 35.5. The number of hydrogen-bond acceptors (Lipinski definition) is 6. The van der Waals surface area contributed by atoms with Crippen molar-refractivity contribution in [2.45, 2.75) is 45.8 Å². The van der Waals surface area contributed by atoms with Gasteiger partial charge < -0.3 is 19.7 Å². The Morgan fingerprint density at radius 2 is 1.75 bits per heavy atom. The van der Waals surface area contributed by atoms with Gasteiger partial charge in [-0.25, -0.2) is 8.42 Å². The fraction of sp³-hybridized carbons (Fsp3) is 0.417. The molecule has 1 N–H and O–H groups in total. The van der Waals surface area contributed by atoms with Crippen LogP contribution in [0.3, 0.4) is 0 Å². The number of sulfonamides is 1. The van der Waals surface area contributed by atoms with Crippen molar-refractivity contribution >= 4 is 50.7 Å². The summed E-state index contributed by atoms with van der Waals surface area (Å²) in [5, 5.41) is 3.53. The van der Waals surface area contributed by atoms with Gasteiger partial charge in [0, 0.05) is 18.7 Å². The number of halogens is 2. The zero-order chi connectivity index (χ0) is 26.6. The van der Waals surface area contributed by atoms with Gasteiger partial charge >= 0.3 is 0 Å². The zero-order valence-electron chi connectivity index (χ0n) is 20.5. The van der Waals surface area contributed by atoms with Crippen molar-refractivity contribution in [2.75, 3.05) is 23.9 Å². The van der Waals surface area contributed by atoms with Crippen LogP contribution in [0.5, 0.6) is 11.5 Å². The number of rotatable bonds is 10. The Kier molecular flexibility index (Phi) is 8.97. The first-order chi connectivity index (χ1) is 16.9. The quantitative estimate of drug-likeness (QED) is 0.476. The summed E-state index contributed by atoms with van der Waals surface area (Å²) in [6.07, 6.45) is 1.72. The molecule has 0 fully saturated rings. The van der Waals surface area contributed by atoms with Crippen molar-refractivity contribution in [1.29, 1.82) is 0 Å². The molecule has 2 aromatic rings. The summed E-state index contributed by atoms with van der Waals surface area (Å²) < 4.78 is 37.0. The number of benzene rings is 2. The second-order valence-electron chi connectivity index (χ2n) is 8.57. The molecule has 0 aromatic heterocycles. The number of fused-ring (bicyclic) bond motifs is 1. The molecule has 1 heterocycles. The number of nitrogens with one attached hydrogen (secondary N) is 1. The van der Waals surface area contributed by atoms with Crippen molar-refractivity contribution in [3.8, 4) is 11.5 Å². The predicted octanol–water partition coefficient (Wildman–Crippen LogP) is 3.82. The fourth-order valence-electron chi connectivity index (χ4n) is 3.54. The molecular weight excluding hydrogens is 529 g/mol. The minimum Gasteiger partial charge on any atom is -0.454 e. The highest BCUT2D eigenvalue weighted by molar-refractivity contribution is 7.92. The van der Waals surface area contributed by atoms with Crippen molar-refractivity contribution in [3.63, 3.8) is 0 Å². The third-order valence-electron chi connectivity index (χ3n) is 5.83. The molecule has 0 aliphatic carbocycles. The third-order valence-corrected chi connectivity index (χ3v) is 7.71. The van der Waals surface area contributed by atoms with Gasteiger partial charge in [0.1, 0.15) is 12.6 Å². The summed E-state index contributed by atoms with van der Waals surface area (Å²) in [5.74, 6) is -0.0691. The first kappa shape index (κ1) is 27.9. The van der Waals surface area contributed by atoms with Crippen LogP contribution in [0.4, 0.5) is 5.69 Å². The smallest absolute Gasteiger partial charge is 0.244 e. The summed E-state index contributed by atoms with van der Waals surface area (Å²) in [6.45, 7) is 4.91. The lowest BCUT2D eigenvalue weighted by atomic mass is 10.1. The van der Waals surface area contributed by atoms with E-state index in [9.17, 15) is 18.0 Å². The van der Waals surface area contributed by atoms with Gasteiger partial charge in [-0.15, -0.1) is 0 Å². The van der Waals surface area contributed by atoms with Crippen LogP contribution >= 0.6 is 23.2 Å². The van der Waals surface area contributed by atoms with Crippen LogP contribution in [0, 0.1) is 0 Å². The highest BCUT2D eigenvalue weighted by Gasteiger charge is 2.31. The molecule has 2 unspecified atom stereocenters. The average molecular weight is 558 g/mol. The number of hydrogen-bond donors (Lipinski definition) is 1. The Morgan fingerprint density at radius 1 is 1.06 bits per heavy atom. The van der Waals surface area contributed by atoms with E-state index in [1.165, 1.54) is 17.0 Å². The molecule has 9 nitrogen and oxygen atoms in total. The second kappa shape index (κ2) is 11.6. The van der Waals surface area contributed by atoms with E-state index in [4.69, 9.17) is 32.7 Å². The van der Waals surface area contributed by atoms with Crippen LogP contribution in [0.25, 0.3) is 0 Å². The van der Waals surface area contributed by atoms with E-state index in [-0.39, 0.29) is 31.0 Å². The molecule has 196 valence electrons. The number of anilines is 1. The Bertz CT molecular complexity index is 1240. The molecule has 2 aromatic carbocycles. The Labute approximate surface area is 221 Å². The Morgan fingerprint density at radius 3 is 2.39 bits per heavy atom. The monoisotopic (exact) mass is 557 g/mol. The van der Waals surface area contributed by atoms with Gasteiger partial charge in [-0.1, -0.05) is 36.2 Å². The fourth-order valence-corrected chi connectivity index (χ4v) is 4.70. The molecule has 0 bridgehead atoms. The molecular formula is C24H29Cl2N3O6S. The summed E-state index contributed by atoms with van der Waals surface area (Å²) in [5.41, 5.74) is 0.872. The molecule has 1 aliphatic heterocycles. The molecule has 3 rings (SSSR count). The summed E-state index contributed by atoms with van der Waals surface area (Å²) in [7, 11) is -3.87. The maximum Gasteiger partial charge on any atom is 0.244 e. The molecule has 2 atom stereocenters. The normalized spacial score (nSPS) is 14.2.